The molecule has 2 aromatic heterocycles. The predicted molar refractivity (Wildman–Crippen MR) is 175 cm³/mol. The van der Waals surface area contributed by atoms with Gasteiger partial charge in [-0.15, -0.1) is 0 Å². The van der Waals surface area contributed by atoms with Crippen LogP contribution in [-0.4, -0.2) is 20.2 Å². The number of para-hydroxylation sites is 4. The zero-order valence-electron chi connectivity index (χ0n) is 23.7. The summed E-state index contributed by atoms with van der Waals surface area (Å²) in [6, 6.07) is 37.9. The van der Waals surface area contributed by atoms with Crippen LogP contribution in [-0.2, 0) is 6.42 Å². The first-order chi connectivity index (χ1) is 21.2. The number of rotatable bonds is 5. The smallest absolute Gasteiger partial charge is 0.336 e. The summed E-state index contributed by atoms with van der Waals surface area (Å²) in [5, 5.41) is 15.5. The van der Waals surface area contributed by atoms with Crippen molar-refractivity contribution in [3.63, 3.8) is 0 Å². The molecule has 1 saturated carbocycles. The molecule has 9 rings (SSSR count). The number of carboxylic acid groups (broad SMARTS) is 1. The number of hydrogen-bond donors (Lipinski definition) is 1. The summed E-state index contributed by atoms with van der Waals surface area (Å²) in [6.07, 6.45) is 7.79. The average Bonchev–Trinajstić information content (AvgIpc) is 3.81. The lowest BCUT2D eigenvalue weighted by atomic mass is 9.85. The summed E-state index contributed by atoms with van der Waals surface area (Å²) in [5.41, 5.74) is 7.46. The average molecular weight is 559 g/mol. The third kappa shape index (κ3) is 3.59. The molecule has 7 aromatic rings. The molecule has 2 aliphatic carbocycles. The van der Waals surface area contributed by atoms with Crippen molar-refractivity contribution >= 4 is 49.6 Å². The van der Waals surface area contributed by atoms with E-state index in [0.717, 1.165) is 62.6 Å². The molecule has 0 spiro atoms. The predicted octanol–water partition coefficient (Wildman–Crippen LogP) is 9.33. The first kappa shape index (κ1) is 24.5. The van der Waals surface area contributed by atoms with Crippen LogP contribution < -0.4 is 0 Å². The summed E-state index contributed by atoms with van der Waals surface area (Å²) in [4.78, 5) is 13.2. The lowest BCUT2D eigenvalue weighted by Crippen LogP contribution is -2.17. The van der Waals surface area contributed by atoms with Crippen molar-refractivity contribution in [2.75, 3.05) is 0 Å². The van der Waals surface area contributed by atoms with Gasteiger partial charge in [0.25, 0.3) is 0 Å². The van der Waals surface area contributed by atoms with Gasteiger partial charge in [-0.3, -0.25) is 0 Å². The summed E-state index contributed by atoms with van der Waals surface area (Å²) in [7, 11) is 0. The molecule has 3 atom stereocenters. The van der Waals surface area contributed by atoms with Crippen LogP contribution in [0.2, 0.25) is 0 Å². The van der Waals surface area contributed by atoms with Gasteiger partial charge in [-0.2, -0.15) is 0 Å². The second-order valence-electron chi connectivity index (χ2n) is 12.3. The van der Waals surface area contributed by atoms with Crippen molar-refractivity contribution in [1.29, 1.82) is 0 Å². The van der Waals surface area contributed by atoms with E-state index in [2.05, 4.69) is 124 Å². The third-order valence-electron chi connectivity index (χ3n) is 9.98. The van der Waals surface area contributed by atoms with E-state index in [4.69, 9.17) is 0 Å². The number of hydrogen-bond acceptors (Lipinski definition) is 1. The molecule has 5 aromatic carbocycles. The Hall–Kier alpha value is -5.09. The van der Waals surface area contributed by atoms with Crippen molar-refractivity contribution in [3.05, 3.63) is 132 Å². The van der Waals surface area contributed by atoms with Gasteiger partial charge < -0.3 is 14.2 Å². The maximum Gasteiger partial charge on any atom is 0.336 e. The standard InChI is InChI=1S/C39H30N2O2/c42-39(43)33-22-27(40-34-13-5-1-9-28(34)29-10-2-6-14-35(29)40)23-38(32(33)21-26-20-24-17-18-25(26)19-24)41-36-15-7-3-11-30(36)31-12-4-8-16-37(31)41/h1-18,22-26H,19-21H2,(H,42,43). The van der Waals surface area contributed by atoms with E-state index in [1.54, 1.807) is 0 Å². The molecule has 43 heavy (non-hydrogen) atoms. The normalized spacial score (nSPS) is 19.4. The molecule has 1 N–H and O–H groups in total. The SMILES string of the molecule is O=C(O)c1cc(-n2c3ccccc3c3ccccc32)cc(-n2c3ccccc3c3ccccc32)c1CC1CC2C=CC1C2. The summed E-state index contributed by atoms with van der Waals surface area (Å²) >= 11 is 0. The lowest BCUT2D eigenvalue weighted by molar-refractivity contribution is 0.0695. The Morgan fingerprint density at radius 2 is 1.16 bits per heavy atom. The highest BCUT2D eigenvalue weighted by Gasteiger charge is 2.37. The molecule has 0 aliphatic heterocycles. The van der Waals surface area contributed by atoms with Crippen molar-refractivity contribution in [2.24, 2.45) is 17.8 Å². The fourth-order valence-electron chi connectivity index (χ4n) is 8.15. The van der Waals surface area contributed by atoms with E-state index >= 15 is 0 Å². The second kappa shape index (κ2) is 9.20. The zero-order chi connectivity index (χ0) is 28.7. The van der Waals surface area contributed by atoms with Gasteiger partial charge in [0.15, 0.2) is 0 Å². The Labute approximate surface area is 249 Å². The minimum atomic E-state index is -0.877. The number of nitrogens with zero attached hydrogens (tertiary/aromatic N) is 2. The fourth-order valence-corrected chi connectivity index (χ4v) is 8.15. The number of allylic oxidation sites excluding steroid dienone is 2. The molecule has 1 fully saturated rings. The molecule has 0 radical (unpaired) electrons. The maximum absolute atomic E-state index is 13.2. The van der Waals surface area contributed by atoms with Crippen LogP contribution in [0.4, 0.5) is 0 Å². The van der Waals surface area contributed by atoms with Crippen LogP contribution in [0.25, 0.3) is 55.0 Å². The van der Waals surface area contributed by atoms with Gasteiger partial charge in [0.05, 0.1) is 33.3 Å². The molecule has 2 heterocycles. The maximum atomic E-state index is 13.2. The highest BCUT2D eigenvalue weighted by Crippen LogP contribution is 2.46. The van der Waals surface area contributed by atoms with Crippen LogP contribution in [0.5, 0.6) is 0 Å². The Morgan fingerprint density at radius 1 is 0.651 bits per heavy atom. The van der Waals surface area contributed by atoms with Crippen LogP contribution in [0.15, 0.2) is 121 Å². The molecular formula is C39H30N2O2. The number of fused-ring (bicyclic) bond motifs is 8. The number of benzene rings is 5. The largest absolute Gasteiger partial charge is 0.478 e. The van der Waals surface area contributed by atoms with Gasteiger partial charge in [0.2, 0.25) is 0 Å². The van der Waals surface area contributed by atoms with Crippen LogP contribution >= 0.6 is 0 Å². The Morgan fingerprint density at radius 3 is 1.63 bits per heavy atom. The van der Waals surface area contributed by atoms with Crippen LogP contribution in [0.3, 0.4) is 0 Å². The Kier molecular flexibility index (Phi) is 5.25. The fraction of sp³-hybridized carbons (Fsp3) is 0.154. The highest BCUT2D eigenvalue weighted by atomic mass is 16.4. The minimum Gasteiger partial charge on any atom is -0.478 e. The van der Waals surface area contributed by atoms with Gasteiger partial charge >= 0.3 is 5.97 Å². The van der Waals surface area contributed by atoms with E-state index in [0.29, 0.717) is 23.3 Å². The van der Waals surface area contributed by atoms with Crippen molar-refractivity contribution in [3.8, 4) is 11.4 Å². The Bertz CT molecular complexity index is 2180. The second-order valence-corrected chi connectivity index (χ2v) is 12.3. The molecule has 0 amide bonds. The molecule has 0 saturated heterocycles. The number of aromatic nitrogens is 2. The summed E-state index contributed by atoms with van der Waals surface area (Å²) in [5.74, 6) is 0.712. The summed E-state index contributed by atoms with van der Waals surface area (Å²) < 4.78 is 4.55. The number of carbonyl (C=O) groups is 1. The number of aromatic carboxylic acids is 1. The van der Waals surface area contributed by atoms with Gasteiger partial charge in [0.1, 0.15) is 0 Å². The van der Waals surface area contributed by atoms with Crippen molar-refractivity contribution < 1.29 is 9.90 Å². The molecule has 2 aliphatic rings. The van der Waals surface area contributed by atoms with E-state index in [1.807, 2.05) is 6.07 Å². The molecule has 208 valence electrons. The first-order valence-electron chi connectivity index (χ1n) is 15.2. The van der Waals surface area contributed by atoms with Crippen molar-refractivity contribution in [1.82, 2.24) is 9.13 Å². The highest BCUT2D eigenvalue weighted by molar-refractivity contribution is 6.11. The summed E-state index contributed by atoms with van der Waals surface area (Å²) in [6.45, 7) is 0. The first-order valence-corrected chi connectivity index (χ1v) is 15.2. The van der Waals surface area contributed by atoms with E-state index in [9.17, 15) is 9.90 Å². The Balaban J connectivity index is 1.40. The number of carboxylic acids is 1. The molecule has 4 nitrogen and oxygen atoms in total. The monoisotopic (exact) mass is 558 g/mol. The topological polar surface area (TPSA) is 47.2 Å². The zero-order valence-corrected chi connectivity index (χ0v) is 23.7. The van der Waals surface area contributed by atoms with E-state index in [-0.39, 0.29) is 0 Å². The molecule has 2 bridgehead atoms. The molecule has 4 heteroatoms. The lowest BCUT2D eigenvalue weighted by Gasteiger charge is -2.24. The van der Waals surface area contributed by atoms with Gasteiger partial charge in [0, 0.05) is 27.2 Å². The van der Waals surface area contributed by atoms with Gasteiger partial charge in [-0.25, -0.2) is 4.79 Å². The van der Waals surface area contributed by atoms with E-state index in [1.165, 1.54) is 17.2 Å². The third-order valence-corrected chi connectivity index (χ3v) is 9.98. The molecular weight excluding hydrogens is 528 g/mol. The van der Waals surface area contributed by atoms with Gasteiger partial charge in [-0.1, -0.05) is 84.9 Å². The minimum absolute atomic E-state index is 0.392. The van der Waals surface area contributed by atoms with E-state index < -0.39 is 5.97 Å². The molecule has 3 unspecified atom stereocenters. The van der Waals surface area contributed by atoms with Crippen molar-refractivity contribution in [2.45, 2.75) is 19.3 Å². The van der Waals surface area contributed by atoms with Crippen LogP contribution in [0, 0.1) is 17.8 Å². The van der Waals surface area contributed by atoms with Crippen LogP contribution in [0.1, 0.15) is 28.8 Å². The van der Waals surface area contributed by atoms with Gasteiger partial charge in [-0.05, 0) is 79.0 Å². The quantitative estimate of drug-likeness (QED) is 0.214.